The molecule has 0 N–H and O–H groups in total. The van der Waals surface area contributed by atoms with Gasteiger partial charge in [0.05, 0.1) is 69.0 Å². The van der Waals surface area contributed by atoms with E-state index in [0.29, 0.717) is 52.9 Å². The Morgan fingerprint density at radius 3 is 0.971 bits per heavy atom. The van der Waals surface area contributed by atoms with Crippen LogP contribution in [0, 0.1) is 0 Å². The maximum atomic E-state index is 5.75. The molecule has 10 nitrogen and oxygen atoms in total. The van der Waals surface area contributed by atoms with Crippen molar-refractivity contribution in [2.75, 3.05) is 93.6 Å². The smallest absolute Gasteiger partial charge is 0.0945 e. The number of rotatable bonds is 24. The van der Waals surface area contributed by atoms with Crippen LogP contribution in [0.3, 0.4) is 0 Å². The molecular weight excluding hydrogens is 476 g/mol. The second kappa shape index (κ2) is 20.9. The number of hydrogen-bond acceptors (Lipinski definition) is 10. The van der Waals surface area contributed by atoms with Gasteiger partial charge in [-0.1, -0.05) is 48.8 Å². The van der Waals surface area contributed by atoms with Crippen LogP contribution in [0.5, 0.6) is 0 Å². The zero-order valence-electron chi connectivity index (χ0n) is 22.8. The van der Waals surface area contributed by atoms with Gasteiger partial charge in [0.15, 0.2) is 0 Å². The highest BCUT2D eigenvalue weighted by Crippen LogP contribution is 2.17. The molecular formula is C22H50N2O8Si2. The molecule has 0 saturated heterocycles. The summed E-state index contributed by atoms with van der Waals surface area (Å²) in [5, 5.41) is 3.23. The van der Waals surface area contributed by atoms with E-state index >= 15 is 0 Å². The average Bonchev–Trinajstić information content (AvgIpc) is 2.77. The normalized spacial score (nSPS) is 13.1. The quantitative estimate of drug-likeness (QED) is 0.0810. The fourth-order valence-corrected chi connectivity index (χ4v) is 6.41. The molecule has 0 radical (unpaired) electrons. The van der Waals surface area contributed by atoms with Crippen molar-refractivity contribution in [3.63, 3.8) is 0 Å². The SMILES string of the molecule is COCCON(C[Si](C)(C)C/C=C\C[Si](C)(C)CN(OCCOC)OCCOC)OCCOC. The van der Waals surface area contributed by atoms with Crippen molar-refractivity contribution in [2.45, 2.75) is 38.3 Å². The van der Waals surface area contributed by atoms with Gasteiger partial charge in [-0.25, -0.2) is 0 Å². The third-order valence-corrected chi connectivity index (χ3v) is 9.62. The topological polar surface area (TPSA) is 80.3 Å². The summed E-state index contributed by atoms with van der Waals surface area (Å²) in [7, 11) is 3.38. The number of nitrogens with zero attached hydrogens (tertiary/aromatic N) is 2. The molecule has 0 fully saturated rings. The van der Waals surface area contributed by atoms with Crippen molar-refractivity contribution in [3.05, 3.63) is 12.2 Å². The zero-order valence-corrected chi connectivity index (χ0v) is 24.8. The van der Waals surface area contributed by atoms with Crippen LogP contribution >= 0.6 is 0 Å². The minimum absolute atomic E-state index is 0.457. The maximum Gasteiger partial charge on any atom is 0.0945 e. The fourth-order valence-electron chi connectivity index (χ4n) is 2.78. The molecule has 0 rings (SSSR count). The van der Waals surface area contributed by atoms with E-state index in [1.54, 1.807) is 38.9 Å². The lowest BCUT2D eigenvalue weighted by Gasteiger charge is -2.30. The maximum absolute atomic E-state index is 5.75. The highest BCUT2D eigenvalue weighted by atomic mass is 28.3. The molecule has 0 aliphatic carbocycles. The molecule has 0 aromatic rings. The molecule has 0 unspecified atom stereocenters. The first-order valence-corrected chi connectivity index (χ1v) is 18.7. The molecule has 0 aromatic carbocycles. The molecule has 0 spiro atoms. The van der Waals surface area contributed by atoms with Crippen LogP contribution in [0.4, 0.5) is 0 Å². The monoisotopic (exact) mass is 526 g/mol. The minimum Gasteiger partial charge on any atom is -0.382 e. The van der Waals surface area contributed by atoms with Crippen molar-refractivity contribution in [1.82, 2.24) is 10.5 Å². The lowest BCUT2D eigenvalue weighted by atomic mass is 10.6. The number of hydrogen-bond donors (Lipinski definition) is 0. The Balaban J connectivity index is 4.69. The lowest BCUT2D eigenvalue weighted by molar-refractivity contribution is -0.363. The summed E-state index contributed by atoms with van der Waals surface area (Å²) in [5.41, 5.74) is 0. The molecule has 0 aliphatic heterocycles. The highest BCUT2D eigenvalue weighted by molar-refractivity contribution is 6.78. The largest absolute Gasteiger partial charge is 0.382 e. The Kier molecular flexibility index (Phi) is 20.8. The molecule has 0 bridgehead atoms. The molecule has 0 atom stereocenters. The highest BCUT2D eigenvalue weighted by Gasteiger charge is 2.26. The standard InChI is InChI=1S/C22H50N2O8Si2/c1-25-11-15-29-23(30-16-12-26-2)21-33(5,6)19-9-10-20-34(7,8)22-24(31-17-13-27-3)32-18-14-28-4/h9-10H,11-22H2,1-8H3/b10-9-. The third kappa shape index (κ3) is 20.0. The van der Waals surface area contributed by atoms with Gasteiger partial charge in [-0.05, 0) is 12.1 Å². The van der Waals surface area contributed by atoms with Crippen LogP contribution in [0.2, 0.25) is 38.3 Å². The van der Waals surface area contributed by atoms with E-state index in [0.717, 1.165) is 24.4 Å². The summed E-state index contributed by atoms with van der Waals surface area (Å²) >= 11 is 0. The van der Waals surface area contributed by atoms with Gasteiger partial charge in [-0.2, -0.15) is 0 Å². The summed E-state index contributed by atoms with van der Waals surface area (Å²) in [6.45, 7) is 13.3. The van der Waals surface area contributed by atoms with Gasteiger partial charge in [-0.15, -0.1) is 0 Å². The van der Waals surface area contributed by atoms with Crippen molar-refractivity contribution < 1.29 is 38.3 Å². The van der Waals surface area contributed by atoms with Crippen LogP contribution in [0.1, 0.15) is 0 Å². The number of hydroxylamine groups is 4. The van der Waals surface area contributed by atoms with Gasteiger partial charge in [0, 0.05) is 40.8 Å². The summed E-state index contributed by atoms with van der Waals surface area (Å²) < 4.78 is 20.3. The van der Waals surface area contributed by atoms with Gasteiger partial charge in [-0.3, -0.25) is 19.4 Å². The Hall–Kier alpha value is -0.226. The Labute approximate surface area is 209 Å². The molecule has 0 aliphatic rings. The predicted molar refractivity (Wildman–Crippen MR) is 138 cm³/mol. The van der Waals surface area contributed by atoms with E-state index in [1.807, 2.05) is 0 Å². The molecule has 12 heteroatoms. The van der Waals surface area contributed by atoms with E-state index in [1.165, 1.54) is 0 Å². The van der Waals surface area contributed by atoms with Crippen molar-refractivity contribution in [2.24, 2.45) is 0 Å². The van der Waals surface area contributed by atoms with E-state index in [9.17, 15) is 0 Å². The van der Waals surface area contributed by atoms with Gasteiger partial charge >= 0.3 is 0 Å². The van der Waals surface area contributed by atoms with Gasteiger partial charge in [0.2, 0.25) is 0 Å². The molecule has 0 aromatic heterocycles. The first kappa shape index (κ1) is 33.8. The van der Waals surface area contributed by atoms with Crippen LogP contribution in [0.15, 0.2) is 12.2 Å². The van der Waals surface area contributed by atoms with Crippen molar-refractivity contribution in [3.8, 4) is 0 Å². The Morgan fingerprint density at radius 2 is 0.735 bits per heavy atom. The molecule has 204 valence electrons. The van der Waals surface area contributed by atoms with E-state index < -0.39 is 16.1 Å². The molecule has 0 saturated carbocycles. The van der Waals surface area contributed by atoms with Gasteiger partial charge in [0.1, 0.15) is 0 Å². The Bertz CT molecular complexity index is 440. The second-order valence-corrected chi connectivity index (χ2v) is 19.6. The van der Waals surface area contributed by atoms with Crippen LogP contribution in [-0.4, -0.2) is 120 Å². The van der Waals surface area contributed by atoms with Crippen molar-refractivity contribution in [1.29, 1.82) is 0 Å². The lowest BCUT2D eigenvalue weighted by Crippen LogP contribution is -2.43. The predicted octanol–water partition coefficient (Wildman–Crippen LogP) is 2.95. The fraction of sp³-hybridized carbons (Fsp3) is 0.909. The third-order valence-electron chi connectivity index (χ3n) is 4.71. The van der Waals surface area contributed by atoms with E-state index in [4.69, 9.17) is 38.3 Å². The van der Waals surface area contributed by atoms with Gasteiger partial charge in [0.25, 0.3) is 0 Å². The summed E-state index contributed by atoms with van der Waals surface area (Å²) in [4.78, 5) is 23.0. The number of methoxy groups -OCH3 is 4. The van der Waals surface area contributed by atoms with Crippen LogP contribution in [-0.2, 0) is 38.3 Å². The number of ether oxygens (including phenoxy) is 4. The summed E-state index contributed by atoms with van der Waals surface area (Å²) in [5.74, 6) is 0. The summed E-state index contributed by atoms with van der Waals surface area (Å²) in [6, 6.07) is 2.07. The Morgan fingerprint density at radius 1 is 0.471 bits per heavy atom. The zero-order chi connectivity index (χ0) is 25.7. The average molecular weight is 527 g/mol. The first-order chi connectivity index (χ1) is 16.2. The molecule has 0 amide bonds. The summed E-state index contributed by atoms with van der Waals surface area (Å²) in [6.07, 6.45) is 6.15. The molecule has 0 heterocycles. The van der Waals surface area contributed by atoms with E-state index in [-0.39, 0.29) is 0 Å². The minimum atomic E-state index is -1.62. The first-order valence-electron chi connectivity index (χ1n) is 11.9. The van der Waals surface area contributed by atoms with Gasteiger partial charge < -0.3 is 18.9 Å². The van der Waals surface area contributed by atoms with Crippen LogP contribution in [0.25, 0.3) is 0 Å². The van der Waals surface area contributed by atoms with E-state index in [2.05, 4.69) is 38.3 Å². The second-order valence-electron chi connectivity index (χ2n) is 9.49. The molecule has 34 heavy (non-hydrogen) atoms. The number of allylic oxidation sites excluding steroid dienone is 2. The van der Waals surface area contributed by atoms with Crippen LogP contribution < -0.4 is 0 Å². The van der Waals surface area contributed by atoms with Crippen molar-refractivity contribution >= 4 is 16.1 Å².